The Balaban J connectivity index is 2.03. The molecule has 0 amide bonds. The van der Waals surface area contributed by atoms with Gasteiger partial charge in [-0.15, -0.1) is 0 Å². The minimum atomic E-state index is -0.507. The number of fused-ring (bicyclic) bond motifs is 1. The molecule has 0 N–H and O–H groups in total. The van der Waals surface area contributed by atoms with Crippen molar-refractivity contribution in [1.82, 2.24) is 4.98 Å². The van der Waals surface area contributed by atoms with Crippen LogP contribution < -0.4 is 14.4 Å². The van der Waals surface area contributed by atoms with Crippen LogP contribution in [0, 0.1) is 34.6 Å². The number of esters is 1. The van der Waals surface area contributed by atoms with Crippen LogP contribution in [-0.4, -0.2) is 23.7 Å². The molecular formula is C23H30N2O3. The van der Waals surface area contributed by atoms with E-state index in [9.17, 15) is 4.79 Å². The number of hydrogen-bond acceptors (Lipinski definition) is 5. The van der Waals surface area contributed by atoms with E-state index in [4.69, 9.17) is 14.5 Å². The number of aromatic nitrogens is 1. The Hall–Kier alpha value is -2.56. The number of anilines is 1. The Bertz CT molecular complexity index is 931. The van der Waals surface area contributed by atoms with E-state index in [1.807, 2.05) is 34.7 Å². The fourth-order valence-electron chi connectivity index (χ4n) is 3.99. The SMILES string of the molecule is CC(=O)Oc1c(C)c(C)c2c(c1C)CCC(C)(N(C)c1cc(C)cc(C)n1)O2. The predicted molar refractivity (Wildman–Crippen MR) is 111 cm³/mol. The number of carbonyl (C=O) groups excluding carboxylic acids is 1. The molecule has 0 radical (unpaired) electrons. The highest BCUT2D eigenvalue weighted by atomic mass is 16.5. The summed E-state index contributed by atoms with van der Waals surface area (Å²) in [7, 11) is 2.04. The molecular weight excluding hydrogens is 352 g/mol. The van der Waals surface area contributed by atoms with Gasteiger partial charge in [-0.05, 0) is 82.3 Å². The fraction of sp³-hybridized carbons (Fsp3) is 0.478. The molecule has 0 saturated carbocycles. The standard InChI is InChI=1S/C23H30N2O3/c1-13-11-14(2)24-20(12-13)25(8)23(7)10-9-19-17(5)21(27-18(6)26)15(3)16(4)22(19)28-23/h11-12H,9-10H2,1-8H3. The highest BCUT2D eigenvalue weighted by Gasteiger charge is 2.39. The van der Waals surface area contributed by atoms with Crippen LogP contribution in [-0.2, 0) is 11.2 Å². The van der Waals surface area contributed by atoms with E-state index in [0.717, 1.165) is 52.4 Å². The van der Waals surface area contributed by atoms with E-state index in [2.05, 4.69) is 30.9 Å². The highest BCUT2D eigenvalue weighted by molar-refractivity contribution is 5.72. The average Bonchev–Trinajstić information content (AvgIpc) is 2.61. The molecule has 2 aromatic rings. The summed E-state index contributed by atoms with van der Waals surface area (Å²) >= 11 is 0. The lowest BCUT2D eigenvalue weighted by molar-refractivity contribution is -0.132. The number of hydrogen-bond donors (Lipinski definition) is 0. The summed E-state index contributed by atoms with van der Waals surface area (Å²) in [6.07, 6.45) is 1.66. The summed E-state index contributed by atoms with van der Waals surface area (Å²) in [6, 6.07) is 4.16. The smallest absolute Gasteiger partial charge is 0.308 e. The second-order valence-electron chi connectivity index (χ2n) is 8.09. The maximum absolute atomic E-state index is 11.5. The van der Waals surface area contributed by atoms with Gasteiger partial charge in [0.15, 0.2) is 5.72 Å². The molecule has 1 aliphatic rings. The maximum atomic E-state index is 11.5. The first-order valence-electron chi connectivity index (χ1n) is 9.72. The molecule has 1 aliphatic heterocycles. The zero-order valence-corrected chi connectivity index (χ0v) is 18.2. The van der Waals surface area contributed by atoms with Gasteiger partial charge in [0.2, 0.25) is 0 Å². The molecule has 0 fully saturated rings. The zero-order chi connectivity index (χ0) is 20.8. The molecule has 3 rings (SSSR count). The lowest BCUT2D eigenvalue weighted by Gasteiger charge is -2.44. The summed E-state index contributed by atoms with van der Waals surface area (Å²) in [5.74, 6) is 2.18. The first-order valence-corrected chi connectivity index (χ1v) is 9.72. The first kappa shape index (κ1) is 20.2. The molecule has 28 heavy (non-hydrogen) atoms. The third-order valence-electron chi connectivity index (χ3n) is 5.86. The molecule has 150 valence electrons. The van der Waals surface area contributed by atoms with Crippen molar-refractivity contribution in [3.63, 3.8) is 0 Å². The number of aryl methyl sites for hydroxylation is 2. The van der Waals surface area contributed by atoms with Gasteiger partial charge in [-0.3, -0.25) is 4.79 Å². The molecule has 5 nitrogen and oxygen atoms in total. The van der Waals surface area contributed by atoms with Gasteiger partial charge < -0.3 is 14.4 Å². The van der Waals surface area contributed by atoms with Gasteiger partial charge in [0.05, 0.1) is 0 Å². The predicted octanol–water partition coefficient (Wildman–Crippen LogP) is 4.73. The molecule has 0 spiro atoms. The van der Waals surface area contributed by atoms with Gasteiger partial charge in [-0.2, -0.15) is 0 Å². The van der Waals surface area contributed by atoms with Crippen LogP contribution in [0.3, 0.4) is 0 Å². The molecule has 2 heterocycles. The van der Waals surface area contributed by atoms with Crippen molar-refractivity contribution in [2.75, 3.05) is 11.9 Å². The quantitative estimate of drug-likeness (QED) is 0.568. The molecule has 1 aromatic carbocycles. The van der Waals surface area contributed by atoms with Crippen LogP contribution in [0.25, 0.3) is 0 Å². The van der Waals surface area contributed by atoms with Crippen LogP contribution in [0.1, 0.15) is 53.8 Å². The lowest BCUT2D eigenvalue weighted by atomic mass is 9.89. The Kier molecular flexibility index (Phi) is 5.13. The summed E-state index contributed by atoms with van der Waals surface area (Å²) in [5.41, 5.74) is 5.75. The van der Waals surface area contributed by atoms with Crippen molar-refractivity contribution in [3.8, 4) is 11.5 Å². The number of rotatable bonds is 3. The fourth-order valence-corrected chi connectivity index (χ4v) is 3.99. The van der Waals surface area contributed by atoms with Gasteiger partial charge >= 0.3 is 5.97 Å². The van der Waals surface area contributed by atoms with Crippen LogP contribution >= 0.6 is 0 Å². The largest absolute Gasteiger partial charge is 0.468 e. The molecule has 1 aromatic heterocycles. The van der Waals surface area contributed by atoms with E-state index in [1.165, 1.54) is 12.5 Å². The second kappa shape index (κ2) is 7.12. The minimum Gasteiger partial charge on any atom is -0.468 e. The monoisotopic (exact) mass is 382 g/mol. The zero-order valence-electron chi connectivity index (χ0n) is 18.2. The summed E-state index contributed by atoms with van der Waals surface area (Å²) < 4.78 is 12.1. The number of ether oxygens (including phenoxy) is 2. The van der Waals surface area contributed by atoms with Gasteiger partial charge in [-0.25, -0.2) is 4.98 Å². The summed E-state index contributed by atoms with van der Waals surface area (Å²) in [5, 5.41) is 0. The second-order valence-corrected chi connectivity index (χ2v) is 8.09. The van der Waals surface area contributed by atoms with Gasteiger partial charge in [-0.1, -0.05) is 0 Å². The molecule has 5 heteroatoms. The number of carbonyl (C=O) groups is 1. The van der Waals surface area contributed by atoms with Gasteiger partial charge in [0.1, 0.15) is 17.3 Å². The Morgan fingerprint density at radius 3 is 2.43 bits per heavy atom. The molecule has 1 atom stereocenters. The van der Waals surface area contributed by atoms with Gasteiger partial charge in [0.25, 0.3) is 0 Å². The average molecular weight is 383 g/mol. The van der Waals surface area contributed by atoms with E-state index in [1.54, 1.807) is 0 Å². The number of pyridine rings is 1. The van der Waals surface area contributed by atoms with Crippen LogP contribution in [0.4, 0.5) is 5.82 Å². The third-order valence-corrected chi connectivity index (χ3v) is 5.86. The highest BCUT2D eigenvalue weighted by Crippen LogP contribution is 2.45. The Labute approximate surface area is 167 Å². The first-order chi connectivity index (χ1) is 13.0. The van der Waals surface area contributed by atoms with Crippen LogP contribution in [0.5, 0.6) is 11.5 Å². The minimum absolute atomic E-state index is 0.298. The molecule has 0 bridgehead atoms. The van der Waals surface area contributed by atoms with Gasteiger partial charge in [0, 0.05) is 31.6 Å². The van der Waals surface area contributed by atoms with Crippen molar-refractivity contribution in [1.29, 1.82) is 0 Å². The van der Waals surface area contributed by atoms with E-state index in [0.29, 0.717) is 5.75 Å². The van der Waals surface area contributed by atoms with Crippen molar-refractivity contribution in [3.05, 3.63) is 45.6 Å². The van der Waals surface area contributed by atoms with Crippen molar-refractivity contribution in [2.24, 2.45) is 0 Å². The summed E-state index contributed by atoms with van der Waals surface area (Å²) in [4.78, 5) is 18.4. The molecule has 1 unspecified atom stereocenters. The normalized spacial score (nSPS) is 18.3. The van der Waals surface area contributed by atoms with Crippen molar-refractivity contribution < 1.29 is 14.3 Å². The van der Waals surface area contributed by atoms with E-state index >= 15 is 0 Å². The molecule has 0 saturated heterocycles. The Morgan fingerprint density at radius 2 is 1.82 bits per heavy atom. The Morgan fingerprint density at radius 1 is 1.14 bits per heavy atom. The van der Waals surface area contributed by atoms with E-state index in [-0.39, 0.29) is 5.97 Å². The van der Waals surface area contributed by atoms with Crippen LogP contribution in [0.2, 0.25) is 0 Å². The number of benzene rings is 1. The van der Waals surface area contributed by atoms with Crippen molar-refractivity contribution >= 4 is 11.8 Å². The van der Waals surface area contributed by atoms with E-state index < -0.39 is 5.72 Å². The molecule has 0 aliphatic carbocycles. The lowest BCUT2D eigenvalue weighted by Crippen LogP contribution is -2.51. The topological polar surface area (TPSA) is 51.7 Å². The summed E-state index contributed by atoms with van der Waals surface area (Å²) in [6.45, 7) is 13.7. The maximum Gasteiger partial charge on any atom is 0.308 e. The third kappa shape index (κ3) is 3.46. The van der Waals surface area contributed by atoms with Crippen LogP contribution in [0.15, 0.2) is 12.1 Å². The van der Waals surface area contributed by atoms with Crippen molar-refractivity contribution in [2.45, 2.75) is 67.0 Å². The number of nitrogens with zero attached hydrogens (tertiary/aromatic N) is 2.